The average molecular weight is 368 g/mol. The van der Waals surface area contributed by atoms with Gasteiger partial charge in [0.15, 0.2) is 0 Å². The standard InChI is InChI=1S/C20H24N4O3/c25-20(13-17-7-3-4-8-18(17)24(26)27)22-15-16-9-10-19(21-14-16)23-11-5-1-2-6-12-23/h3-4,7-10,14H,1-2,5-6,11-13,15H2,(H,22,25). The number of para-hydroxylation sites is 1. The molecule has 1 aromatic heterocycles. The van der Waals surface area contributed by atoms with Crippen LogP contribution in [0.15, 0.2) is 42.6 Å². The van der Waals surface area contributed by atoms with Crippen molar-refractivity contribution in [1.29, 1.82) is 0 Å². The van der Waals surface area contributed by atoms with Gasteiger partial charge in [0.25, 0.3) is 5.69 Å². The van der Waals surface area contributed by atoms with Crippen molar-refractivity contribution in [1.82, 2.24) is 10.3 Å². The number of nitro groups is 1. The molecule has 7 heteroatoms. The predicted octanol–water partition coefficient (Wildman–Crippen LogP) is 3.23. The fraction of sp³-hybridized carbons (Fsp3) is 0.400. The van der Waals surface area contributed by atoms with E-state index in [2.05, 4.69) is 15.2 Å². The van der Waals surface area contributed by atoms with Gasteiger partial charge in [-0.3, -0.25) is 14.9 Å². The molecule has 27 heavy (non-hydrogen) atoms. The molecule has 1 fully saturated rings. The molecule has 3 rings (SSSR count). The number of benzene rings is 1. The molecule has 0 saturated carbocycles. The Morgan fingerprint density at radius 3 is 2.52 bits per heavy atom. The third-order valence-corrected chi connectivity index (χ3v) is 4.77. The molecule has 1 amide bonds. The first-order valence-corrected chi connectivity index (χ1v) is 9.32. The molecule has 0 unspecified atom stereocenters. The molecule has 1 aromatic carbocycles. The number of amides is 1. The monoisotopic (exact) mass is 368 g/mol. The van der Waals surface area contributed by atoms with Gasteiger partial charge in [-0.2, -0.15) is 0 Å². The van der Waals surface area contributed by atoms with E-state index in [9.17, 15) is 14.9 Å². The van der Waals surface area contributed by atoms with Crippen molar-refractivity contribution >= 4 is 17.4 Å². The van der Waals surface area contributed by atoms with Crippen LogP contribution in [-0.2, 0) is 17.8 Å². The van der Waals surface area contributed by atoms with Gasteiger partial charge >= 0.3 is 0 Å². The number of rotatable bonds is 6. The summed E-state index contributed by atoms with van der Waals surface area (Å²) < 4.78 is 0. The summed E-state index contributed by atoms with van der Waals surface area (Å²) in [6.07, 6.45) is 6.72. The molecule has 0 atom stereocenters. The zero-order valence-corrected chi connectivity index (χ0v) is 15.3. The highest BCUT2D eigenvalue weighted by molar-refractivity contribution is 5.79. The number of aromatic nitrogens is 1. The first-order chi connectivity index (χ1) is 13.1. The number of pyridine rings is 1. The number of nitrogens with zero attached hydrogens (tertiary/aromatic N) is 3. The van der Waals surface area contributed by atoms with Crippen LogP contribution in [0, 0.1) is 10.1 Å². The third kappa shape index (κ3) is 5.26. The number of carbonyl (C=O) groups excluding carboxylic acids is 1. The van der Waals surface area contributed by atoms with Crippen molar-refractivity contribution in [3.63, 3.8) is 0 Å². The summed E-state index contributed by atoms with van der Waals surface area (Å²) in [5.74, 6) is 0.729. The van der Waals surface area contributed by atoms with Crippen LogP contribution in [0.2, 0.25) is 0 Å². The van der Waals surface area contributed by atoms with E-state index in [4.69, 9.17) is 0 Å². The summed E-state index contributed by atoms with van der Waals surface area (Å²) >= 11 is 0. The maximum Gasteiger partial charge on any atom is 0.273 e. The summed E-state index contributed by atoms with van der Waals surface area (Å²) in [5.41, 5.74) is 1.29. The average Bonchev–Trinajstić information content (AvgIpc) is 2.96. The Kier molecular flexibility index (Phi) is 6.35. The summed E-state index contributed by atoms with van der Waals surface area (Å²) in [7, 11) is 0. The normalized spacial score (nSPS) is 14.4. The van der Waals surface area contributed by atoms with Crippen LogP contribution in [0.4, 0.5) is 11.5 Å². The fourth-order valence-corrected chi connectivity index (χ4v) is 3.28. The molecule has 1 aliphatic heterocycles. The zero-order valence-electron chi connectivity index (χ0n) is 15.3. The van der Waals surface area contributed by atoms with Crippen LogP contribution in [0.5, 0.6) is 0 Å². The molecular formula is C20H24N4O3. The van der Waals surface area contributed by atoms with E-state index in [1.54, 1.807) is 24.4 Å². The molecule has 0 bridgehead atoms. The number of hydrogen-bond donors (Lipinski definition) is 1. The fourth-order valence-electron chi connectivity index (χ4n) is 3.28. The van der Waals surface area contributed by atoms with Gasteiger partial charge in [-0.15, -0.1) is 0 Å². The highest BCUT2D eigenvalue weighted by atomic mass is 16.6. The van der Waals surface area contributed by atoms with Gasteiger partial charge in [-0.05, 0) is 24.5 Å². The second-order valence-corrected chi connectivity index (χ2v) is 6.77. The number of hydrogen-bond acceptors (Lipinski definition) is 5. The Morgan fingerprint density at radius 2 is 1.85 bits per heavy atom. The number of carbonyl (C=O) groups is 1. The molecular weight excluding hydrogens is 344 g/mol. The lowest BCUT2D eigenvalue weighted by Gasteiger charge is -2.21. The van der Waals surface area contributed by atoms with Crippen LogP contribution in [-0.4, -0.2) is 28.9 Å². The number of nitrogens with one attached hydrogen (secondary N) is 1. The second kappa shape index (κ2) is 9.12. The van der Waals surface area contributed by atoms with Crippen molar-refractivity contribution in [2.75, 3.05) is 18.0 Å². The van der Waals surface area contributed by atoms with Gasteiger partial charge in [-0.1, -0.05) is 37.1 Å². The summed E-state index contributed by atoms with van der Waals surface area (Å²) in [6.45, 7) is 2.44. The smallest absolute Gasteiger partial charge is 0.273 e. The van der Waals surface area contributed by atoms with Crippen molar-refractivity contribution in [3.8, 4) is 0 Å². The highest BCUT2D eigenvalue weighted by Gasteiger charge is 2.15. The second-order valence-electron chi connectivity index (χ2n) is 6.77. The minimum atomic E-state index is -0.464. The Bertz CT molecular complexity index is 784. The largest absolute Gasteiger partial charge is 0.357 e. The first kappa shape index (κ1) is 18.8. The molecule has 142 valence electrons. The van der Waals surface area contributed by atoms with Gasteiger partial charge in [0.2, 0.25) is 5.91 Å². The Labute approximate surface area is 158 Å². The van der Waals surface area contributed by atoms with Gasteiger partial charge in [0.05, 0.1) is 11.3 Å². The molecule has 1 saturated heterocycles. The summed E-state index contributed by atoms with van der Waals surface area (Å²) in [6, 6.07) is 10.3. The molecule has 0 radical (unpaired) electrons. The first-order valence-electron chi connectivity index (χ1n) is 9.32. The number of nitro benzene ring substituents is 1. The van der Waals surface area contributed by atoms with E-state index in [-0.39, 0.29) is 18.0 Å². The molecule has 0 spiro atoms. The van der Waals surface area contributed by atoms with Crippen LogP contribution >= 0.6 is 0 Å². The van der Waals surface area contributed by atoms with Crippen LogP contribution < -0.4 is 10.2 Å². The molecule has 7 nitrogen and oxygen atoms in total. The summed E-state index contributed by atoms with van der Waals surface area (Å²) in [4.78, 5) is 29.6. The lowest BCUT2D eigenvalue weighted by Crippen LogP contribution is -2.26. The van der Waals surface area contributed by atoms with Gasteiger partial charge in [-0.25, -0.2) is 4.98 Å². The van der Waals surface area contributed by atoms with Crippen LogP contribution in [0.1, 0.15) is 36.8 Å². The number of anilines is 1. The van der Waals surface area contributed by atoms with Crippen molar-refractivity contribution in [2.45, 2.75) is 38.6 Å². The van der Waals surface area contributed by atoms with Crippen molar-refractivity contribution in [3.05, 3.63) is 63.8 Å². The Hall–Kier alpha value is -2.96. The van der Waals surface area contributed by atoms with E-state index in [0.29, 0.717) is 12.1 Å². The lowest BCUT2D eigenvalue weighted by molar-refractivity contribution is -0.385. The van der Waals surface area contributed by atoms with Gasteiger partial charge < -0.3 is 10.2 Å². The molecule has 1 aliphatic rings. The van der Waals surface area contributed by atoms with Crippen molar-refractivity contribution in [2.24, 2.45) is 0 Å². The molecule has 1 N–H and O–H groups in total. The molecule has 2 heterocycles. The van der Waals surface area contributed by atoms with Crippen LogP contribution in [0.3, 0.4) is 0 Å². The highest BCUT2D eigenvalue weighted by Crippen LogP contribution is 2.19. The zero-order chi connectivity index (χ0) is 19.1. The van der Waals surface area contributed by atoms with Gasteiger partial charge in [0, 0.05) is 37.5 Å². The topological polar surface area (TPSA) is 88.4 Å². The molecule has 2 aromatic rings. The Balaban J connectivity index is 1.54. The Morgan fingerprint density at radius 1 is 1.11 bits per heavy atom. The van der Waals surface area contributed by atoms with Crippen molar-refractivity contribution < 1.29 is 9.72 Å². The maximum absolute atomic E-state index is 12.2. The van der Waals surface area contributed by atoms with E-state index in [1.165, 1.54) is 31.7 Å². The maximum atomic E-state index is 12.2. The SMILES string of the molecule is O=C(Cc1ccccc1[N+](=O)[O-])NCc1ccc(N2CCCCCC2)nc1. The summed E-state index contributed by atoms with van der Waals surface area (Å²) in [5, 5.41) is 13.8. The quantitative estimate of drug-likeness (QED) is 0.625. The predicted molar refractivity (Wildman–Crippen MR) is 104 cm³/mol. The van der Waals surface area contributed by atoms with Crippen LogP contribution in [0.25, 0.3) is 0 Å². The van der Waals surface area contributed by atoms with E-state index in [0.717, 1.165) is 24.5 Å². The third-order valence-electron chi connectivity index (χ3n) is 4.77. The van der Waals surface area contributed by atoms with Gasteiger partial charge in [0.1, 0.15) is 5.82 Å². The van der Waals surface area contributed by atoms with E-state index >= 15 is 0 Å². The lowest BCUT2D eigenvalue weighted by atomic mass is 10.1. The van der Waals surface area contributed by atoms with E-state index in [1.807, 2.05) is 12.1 Å². The minimum absolute atomic E-state index is 0.0174. The minimum Gasteiger partial charge on any atom is -0.357 e. The van der Waals surface area contributed by atoms with E-state index < -0.39 is 4.92 Å². The molecule has 0 aliphatic carbocycles.